The number of carbonyl (C=O) groups excluding carboxylic acids is 1. The van der Waals surface area contributed by atoms with Gasteiger partial charge in [-0.25, -0.2) is 0 Å². The molecular formula is C11H12F3O3P. The van der Waals surface area contributed by atoms with Gasteiger partial charge in [-0.3, -0.25) is 9.36 Å². The van der Waals surface area contributed by atoms with Crippen molar-refractivity contribution in [3.05, 3.63) is 35.4 Å². The number of carbonyl (C=O) groups is 1. The number of alkyl halides is 3. The zero-order valence-electron chi connectivity index (χ0n) is 9.82. The third-order valence-corrected chi connectivity index (χ3v) is 2.79. The average molecular weight is 280 g/mol. The van der Waals surface area contributed by atoms with Crippen LogP contribution < -0.4 is 0 Å². The van der Waals surface area contributed by atoms with Gasteiger partial charge in [0.15, 0.2) is 13.2 Å². The molecular weight excluding hydrogens is 268 g/mol. The Morgan fingerprint density at radius 3 is 2.11 bits per heavy atom. The van der Waals surface area contributed by atoms with E-state index in [4.69, 9.17) is 4.52 Å². The topological polar surface area (TPSA) is 43.4 Å². The van der Waals surface area contributed by atoms with Gasteiger partial charge in [0, 0.05) is 18.9 Å². The second kappa shape index (κ2) is 5.24. The van der Waals surface area contributed by atoms with E-state index in [-0.39, 0.29) is 5.56 Å². The summed E-state index contributed by atoms with van der Waals surface area (Å²) in [5.74, 6) is -0.507. The lowest BCUT2D eigenvalue weighted by molar-refractivity contribution is -0.137. The third-order valence-electron chi connectivity index (χ3n) is 2.04. The van der Waals surface area contributed by atoms with E-state index in [9.17, 15) is 22.5 Å². The predicted octanol–water partition coefficient (Wildman–Crippen LogP) is 3.44. The van der Waals surface area contributed by atoms with Gasteiger partial charge in [0.2, 0.25) is 0 Å². The highest BCUT2D eigenvalue weighted by Gasteiger charge is 2.30. The van der Waals surface area contributed by atoms with E-state index >= 15 is 0 Å². The summed E-state index contributed by atoms with van der Waals surface area (Å²) in [6.45, 7) is 2.30. The van der Waals surface area contributed by atoms with Gasteiger partial charge in [0.25, 0.3) is 0 Å². The Balaban J connectivity index is 2.74. The number of hydrogen-bond acceptors (Lipinski definition) is 3. The molecule has 3 nitrogen and oxygen atoms in total. The van der Waals surface area contributed by atoms with E-state index in [2.05, 4.69) is 0 Å². The van der Waals surface area contributed by atoms with Gasteiger partial charge >= 0.3 is 6.18 Å². The molecule has 0 spiro atoms. The Hall–Kier alpha value is -1.13. The van der Waals surface area contributed by atoms with Gasteiger partial charge in [-0.15, -0.1) is 0 Å². The van der Waals surface area contributed by atoms with Crippen LogP contribution in [0, 0.1) is 0 Å². The van der Waals surface area contributed by atoms with Crippen molar-refractivity contribution in [2.24, 2.45) is 0 Å². The lowest BCUT2D eigenvalue weighted by atomic mass is 10.1. The van der Waals surface area contributed by atoms with Crippen LogP contribution in [-0.2, 0) is 15.3 Å². The summed E-state index contributed by atoms with van der Waals surface area (Å²) in [7, 11) is -2.78. The first-order chi connectivity index (χ1) is 8.09. The quantitative estimate of drug-likeness (QED) is 0.626. The molecule has 0 heterocycles. The van der Waals surface area contributed by atoms with Crippen LogP contribution in [0.5, 0.6) is 0 Å². The number of rotatable bonds is 4. The van der Waals surface area contributed by atoms with Crippen molar-refractivity contribution >= 4 is 13.2 Å². The van der Waals surface area contributed by atoms with Gasteiger partial charge in [-0.2, -0.15) is 13.2 Å². The molecule has 0 aliphatic heterocycles. The molecule has 1 aromatic carbocycles. The highest BCUT2D eigenvalue weighted by Crippen LogP contribution is 2.37. The highest BCUT2D eigenvalue weighted by atomic mass is 31.2. The molecule has 100 valence electrons. The molecule has 0 atom stereocenters. The predicted molar refractivity (Wildman–Crippen MR) is 61.2 cm³/mol. The van der Waals surface area contributed by atoms with E-state index in [1.54, 1.807) is 0 Å². The number of hydrogen-bond donors (Lipinski definition) is 0. The number of Topliss-reactive ketones (excluding diaryl/α,β-unsaturated/α-hetero) is 1. The summed E-state index contributed by atoms with van der Waals surface area (Å²) >= 11 is 0. The zero-order chi connectivity index (χ0) is 14.0. The van der Waals surface area contributed by atoms with Crippen LogP contribution in [0.15, 0.2) is 24.3 Å². The molecule has 0 aliphatic carbocycles. The SMILES string of the molecule is CP(C)(=O)OCC(=O)c1ccc(C(F)(F)F)cc1. The fourth-order valence-electron chi connectivity index (χ4n) is 1.14. The fraction of sp³-hybridized carbons (Fsp3) is 0.364. The molecule has 0 amide bonds. The summed E-state index contributed by atoms with van der Waals surface area (Å²) in [5, 5.41) is 0. The van der Waals surface area contributed by atoms with Crippen molar-refractivity contribution in [1.82, 2.24) is 0 Å². The van der Waals surface area contributed by atoms with Crippen LogP contribution in [0.2, 0.25) is 0 Å². The van der Waals surface area contributed by atoms with Crippen molar-refractivity contribution in [1.29, 1.82) is 0 Å². The highest BCUT2D eigenvalue weighted by molar-refractivity contribution is 7.57. The molecule has 0 fully saturated rings. The van der Waals surface area contributed by atoms with E-state index in [0.29, 0.717) is 0 Å². The average Bonchev–Trinajstić information content (AvgIpc) is 2.24. The minimum Gasteiger partial charge on any atom is -0.320 e. The minimum absolute atomic E-state index is 0.0939. The molecule has 0 radical (unpaired) electrons. The molecule has 7 heteroatoms. The van der Waals surface area contributed by atoms with Crippen LogP contribution in [0.4, 0.5) is 13.2 Å². The monoisotopic (exact) mass is 280 g/mol. The zero-order valence-corrected chi connectivity index (χ0v) is 10.7. The molecule has 18 heavy (non-hydrogen) atoms. The van der Waals surface area contributed by atoms with Crippen molar-refractivity contribution in [3.8, 4) is 0 Å². The maximum atomic E-state index is 12.3. The Morgan fingerprint density at radius 1 is 1.22 bits per heavy atom. The molecule has 1 aromatic rings. The van der Waals surface area contributed by atoms with Crippen molar-refractivity contribution in [3.63, 3.8) is 0 Å². The summed E-state index contributed by atoms with van der Waals surface area (Å²) in [6, 6.07) is 3.80. The van der Waals surface area contributed by atoms with Gasteiger partial charge in [-0.1, -0.05) is 12.1 Å². The largest absolute Gasteiger partial charge is 0.416 e. The molecule has 0 aliphatic rings. The Morgan fingerprint density at radius 2 is 1.72 bits per heavy atom. The van der Waals surface area contributed by atoms with Crippen LogP contribution >= 0.6 is 7.37 Å². The second-order valence-corrected chi connectivity index (χ2v) is 6.79. The van der Waals surface area contributed by atoms with E-state index in [0.717, 1.165) is 24.3 Å². The first-order valence-corrected chi connectivity index (χ1v) is 7.51. The molecule has 0 saturated carbocycles. The first-order valence-electron chi connectivity index (χ1n) is 4.99. The maximum absolute atomic E-state index is 12.3. The smallest absolute Gasteiger partial charge is 0.320 e. The van der Waals surface area contributed by atoms with Crippen LogP contribution in [0.3, 0.4) is 0 Å². The van der Waals surface area contributed by atoms with E-state index < -0.39 is 31.5 Å². The standard InChI is InChI=1S/C11H12F3O3P/c1-18(2,16)17-7-10(15)8-3-5-9(6-4-8)11(12,13)14/h3-6H,7H2,1-2H3. The van der Waals surface area contributed by atoms with Crippen LogP contribution in [0.25, 0.3) is 0 Å². The van der Waals surface area contributed by atoms with Crippen molar-refractivity contribution in [2.75, 3.05) is 19.9 Å². The third kappa shape index (κ3) is 4.63. The normalized spacial score (nSPS) is 12.5. The number of benzene rings is 1. The first kappa shape index (κ1) is 14.9. The molecule has 0 bridgehead atoms. The molecule has 0 N–H and O–H groups in total. The van der Waals surface area contributed by atoms with Gasteiger partial charge in [-0.05, 0) is 12.1 Å². The number of halogens is 3. The van der Waals surface area contributed by atoms with Gasteiger partial charge in [0.05, 0.1) is 5.56 Å². The lowest BCUT2D eigenvalue weighted by Gasteiger charge is -2.09. The molecule has 0 saturated heterocycles. The molecule has 0 unspecified atom stereocenters. The summed E-state index contributed by atoms with van der Waals surface area (Å²) < 4.78 is 52.9. The maximum Gasteiger partial charge on any atom is 0.416 e. The Kier molecular flexibility index (Phi) is 4.35. The second-order valence-electron chi connectivity index (χ2n) is 4.02. The van der Waals surface area contributed by atoms with Gasteiger partial charge < -0.3 is 4.52 Å². The van der Waals surface area contributed by atoms with E-state index in [1.165, 1.54) is 13.3 Å². The Labute approximate surface area is 102 Å². The van der Waals surface area contributed by atoms with E-state index in [1.807, 2.05) is 0 Å². The number of ketones is 1. The summed E-state index contributed by atoms with van der Waals surface area (Å²) in [6.07, 6.45) is -4.43. The summed E-state index contributed by atoms with van der Waals surface area (Å²) in [5.41, 5.74) is -0.729. The fourth-order valence-corrected chi connectivity index (χ4v) is 1.57. The Bertz CT molecular complexity index is 473. The van der Waals surface area contributed by atoms with Gasteiger partial charge in [0.1, 0.15) is 6.61 Å². The lowest BCUT2D eigenvalue weighted by Crippen LogP contribution is -2.09. The van der Waals surface area contributed by atoms with Crippen molar-refractivity contribution < 1.29 is 27.1 Å². The molecule has 0 aromatic heterocycles. The van der Waals surface area contributed by atoms with Crippen LogP contribution in [-0.4, -0.2) is 25.7 Å². The minimum atomic E-state index is -4.43. The van der Waals surface area contributed by atoms with Crippen molar-refractivity contribution in [2.45, 2.75) is 6.18 Å². The summed E-state index contributed by atoms with van der Waals surface area (Å²) in [4.78, 5) is 11.5. The van der Waals surface area contributed by atoms with Crippen LogP contribution in [0.1, 0.15) is 15.9 Å². The molecule has 1 rings (SSSR count).